The van der Waals surface area contributed by atoms with E-state index in [0.29, 0.717) is 35.3 Å². The smallest absolute Gasteiger partial charge is 0.246 e. The number of hydrogen-bond acceptors (Lipinski definition) is 4. The van der Waals surface area contributed by atoms with E-state index < -0.39 is 10.0 Å². The van der Waals surface area contributed by atoms with E-state index in [2.05, 4.69) is 10.1 Å². The number of nitrogens with zero attached hydrogens (tertiary/aromatic N) is 5. The fraction of sp³-hybridized carbons (Fsp3) is 0.600. The van der Waals surface area contributed by atoms with E-state index in [4.69, 9.17) is 0 Å². The lowest BCUT2D eigenvalue weighted by molar-refractivity contribution is 0.314. The lowest BCUT2D eigenvalue weighted by atomic mass is 9.95. The average molecular weight is 337 g/mol. The lowest BCUT2D eigenvalue weighted by Gasteiger charge is -2.31. The summed E-state index contributed by atoms with van der Waals surface area (Å²) in [5.41, 5.74) is 2.44. The zero-order valence-electron chi connectivity index (χ0n) is 14.0. The Hall–Kier alpha value is -1.67. The maximum absolute atomic E-state index is 13.0. The molecule has 0 atom stereocenters. The average Bonchev–Trinajstić information content (AvgIpc) is 3.03. The van der Waals surface area contributed by atoms with Crippen LogP contribution in [0.5, 0.6) is 0 Å². The summed E-state index contributed by atoms with van der Waals surface area (Å²) in [7, 11) is 0.276. The first-order valence-electron chi connectivity index (χ1n) is 7.79. The predicted molar refractivity (Wildman–Crippen MR) is 86.6 cm³/mol. The topological polar surface area (TPSA) is 73.0 Å². The van der Waals surface area contributed by atoms with Crippen LogP contribution in [0.3, 0.4) is 0 Å². The highest BCUT2D eigenvalue weighted by atomic mass is 32.2. The summed E-state index contributed by atoms with van der Waals surface area (Å²) in [6, 6.07) is 0. The zero-order chi connectivity index (χ0) is 16.8. The van der Waals surface area contributed by atoms with Gasteiger partial charge in [-0.15, -0.1) is 0 Å². The van der Waals surface area contributed by atoms with E-state index in [-0.39, 0.29) is 0 Å². The van der Waals surface area contributed by atoms with Crippen molar-refractivity contribution in [2.45, 2.75) is 37.5 Å². The maximum Gasteiger partial charge on any atom is 0.246 e. The van der Waals surface area contributed by atoms with Crippen molar-refractivity contribution in [2.75, 3.05) is 13.1 Å². The molecule has 0 N–H and O–H groups in total. The first kappa shape index (κ1) is 16.2. The molecule has 8 heteroatoms. The fourth-order valence-electron chi connectivity index (χ4n) is 3.41. The minimum absolute atomic E-state index is 0.360. The molecule has 1 aliphatic heterocycles. The third kappa shape index (κ3) is 2.70. The van der Waals surface area contributed by atoms with Crippen LogP contribution >= 0.6 is 0 Å². The second kappa shape index (κ2) is 5.76. The summed E-state index contributed by atoms with van der Waals surface area (Å²) in [4.78, 5) is 4.52. The molecule has 0 bridgehead atoms. The first-order chi connectivity index (χ1) is 10.8. The van der Waals surface area contributed by atoms with Crippen molar-refractivity contribution < 1.29 is 8.42 Å². The number of rotatable bonds is 3. The normalized spacial score (nSPS) is 17.7. The Labute approximate surface area is 137 Å². The molecule has 3 rings (SSSR count). The van der Waals surface area contributed by atoms with Crippen LogP contribution in [0.1, 0.15) is 35.8 Å². The number of imidazole rings is 1. The van der Waals surface area contributed by atoms with Crippen molar-refractivity contribution in [3.8, 4) is 0 Å². The highest BCUT2D eigenvalue weighted by Gasteiger charge is 2.34. The Balaban J connectivity index is 1.80. The highest BCUT2D eigenvalue weighted by molar-refractivity contribution is 7.89. The van der Waals surface area contributed by atoms with E-state index in [0.717, 1.165) is 12.8 Å². The van der Waals surface area contributed by atoms with Gasteiger partial charge in [-0.05, 0) is 26.7 Å². The summed E-state index contributed by atoms with van der Waals surface area (Å²) in [5, 5.41) is 4.24. The fourth-order valence-corrected chi connectivity index (χ4v) is 5.28. The van der Waals surface area contributed by atoms with Gasteiger partial charge >= 0.3 is 0 Å². The summed E-state index contributed by atoms with van der Waals surface area (Å²) in [6.07, 6.45) is 5.30. The van der Waals surface area contributed by atoms with Crippen LogP contribution in [0.25, 0.3) is 0 Å². The van der Waals surface area contributed by atoms with Crippen molar-refractivity contribution in [1.82, 2.24) is 23.6 Å². The van der Waals surface area contributed by atoms with E-state index in [1.807, 2.05) is 17.8 Å². The van der Waals surface area contributed by atoms with Crippen LogP contribution in [0.4, 0.5) is 0 Å². The third-order valence-electron chi connectivity index (χ3n) is 4.77. The molecule has 0 amide bonds. The summed E-state index contributed by atoms with van der Waals surface area (Å²) in [6.45, 7) is 4.62. The molecule has 0 aromatic carbocycles. The molecule has 0 unspecified atom stereocenters. The van der Waals surface area contributed by atoms with Crippen molar-refractivity contribution in [3.63, 3.8) is 0 Å². The van der Waals surface area contributed by atoms with Gasteiger partial charge in [0.15, 0.2) is 0 Å². The van der Waals surface area contributed by atoms with Crippen molar-refractivity contribution in [3.05, 3.63) is 29.6 Å². The lowest BCUT2D eigenvalue weighted by Crippen LogP contribution is -2.38. The molecule has 23 heavy (non-hydrogen) atoms. The van der Waals surface area contributed by atoms with Gasteiger partial charge in [0.1, 0.15) is 4.90 Å². The Kier molecular flexibility index (Phi) is 4.05. The molecule has 126 valence electrons. The molecular formula is C15H23N5O2S. The molecule has 1 fully saturated rings. The minimum atomic E-state index is -3.48. The Morgan fingerprint density at radius 3 is 2.30 bits per heavy atom. The summed E-state index contributed by atoms with van der Waals surface area (Å²) >= 11 is 0. The Morgan fingerprint density at radius 2 is 1.83 bits per heavy atom. The first-order valence-corrected chi connectivity index (χ1v) is 9.23. The van der Waals surface area contributed by atoms with E-state index in [1.165, 1.54) is 5.69 Å². The molecule has 0 spiro atoms. The van der Waals surface area contributed by atoms with Gasteiger partial charge in [0, 0.05) is 45.0 Å². The van der Waals surface area contributed by atoms with Gasteiger partial charge in [-0.2, -0.15) is 9.40 Å². The van der Waals surface area contributed by atoms with E-state index in [9.17, 15) is 8.42 Å². The molecule has 0 aliphatic carbocycles. The predicted octanol–water partition coefficient (Wildman–Crippen LogP) is 1.34. The van der Waals surface area contributed by atoms with Gasteiger partial charge in [0.2, 0.25) is 10.0 Å². The summed E-state index contributed by atoms with van der Waals surface area (Å²) < 4.78 is 31.2. The number of aryl methyl sites for hydroxylation is 3. The standard InChI is InChI=1S/C15H23N5O2S/c1-11-15(12(2)19(4)17-11)23(21,22)20-7-5-13(6-8-20)14-9-16-10-18(14)3/h9-10,13H,5-8H2,1-4H3. The van der Waals surface area contributed by atoms with Crippen LogP contribution in [-0.2, 0) is 24.1 Å². The van der Waals surface area contributed by atoms with Gasteiger partial charge < -0.3 is 4.57 Å². The molecule has 1 saturated heterocycles. The maximum atomic E-state index is 13.0. The quantitative estimate of drug-likeness (QED) is 0.847. The van der Waals surface area contributed by atoms with Crippen molar-refractivity contribution in [2.24, 2.45) is 14.1 Å². The molecule has 1 aliphatic rings. The van der Waals surface area contributed by atoms with Gasteiger partial charge in [-0.1, -0.05) is 0 Å². The number of piperidine rings is 1. The Morgan fingerprint density at radius 1 is 1.17 bits per heavy atom. The second-order valence-corrected chi connectivity index (χ2v) is 8.11. The number of hydrogen-bond donors (Lipinski definition) is 0. The Bertz CT molecular complexity index is 813. The zero-order valence-corrected chi connectivity index (χ0v) is 14.8. The van der Waals surface area contributed by atoms with Gasteiger partial charge in [-0.25, -0.2) is 13.4 Å². The van der Waals surface area contributed by atoms with Crippen LogP contribution in [-0.4, -0.2) is 45.1 Å². The largest absolute Gasteiger partial charge is 0.337 e. The van der Waals surface area contributed by atoms with E-state index in [1.54, 1.807) is 36.2 Å². The van der Waals surface area contributed by atoms with Gasteiger partial charge in [-0.3, -0.25) is 4.68 Å². The number of sulfonamides is 1. The molecule has 0 saturated carbocycles. The molecule has 2 aromatic heterocycles. The van der Waals surface area contributed by atoms with Crippen molar-refractivity contribution >= 4 is 10.0 Å². The van der Waals surface area contributed by atoms with Gasteiger partial charge in [0.25, 0.3) is 0 Å². The molecule has 2 aromatic rings. The SMILES string of the molecule is Cc1nn(C)c(C)c1S(=O)(=O)N1CCC(c2cncn2C)CC1. The monoisotopic (exact) mass is 337 g/mol. The third-order valence-corrected chi connectivity index (χ3v) is 6.92. The summed E-state index contributed by atoms with van der Waals surface area (Å²) in [5.74, 6) is 0.366. The van der Waals surface area contributed by atoms with Crippen LogP contribution < -0.4 is 0 Å². The minimum Gasteiger partial charge on any atom is -0.337 e. The molecular weight excluding hydrogens is 314 g/mol. The number of aromatic nitrogens is 4. The molecule has 0 radical (unpaired) electrons. The van der Waals surface area contributed by atoms with Crippen LogP contribution in [0.2, 0.25) is 0 Å². The second-order valence-electron chi connectivity index (χ2n) is 6.23. The van der Waals surface area contributed by atoms with Crippen LogP contribution in [0, 0.1) is 13.8 Å². The molecule has 3 heterocycles. The highest BCUT2D eigenvalue weighted by Crippen LogP contribution is 2.31. The van der Waals surface area contributed by atoms with Crippen LogP contribution in [0.15, 0.2) is 17.4 Å². The van der Waals surface area contributed by atoms with E-state index >= 15 is 0 Å². The molecule has 7 nitrogen and oxygen atoms in total. The van der Waals surface area contributed by atoms with Gasteiger partial charge in [0.05, 0.1) is 17.7 Å². The van der Waals surface area contributed by atoms with Crippen molar-refractivity contribution in [1.29, 1.82) is 0 Å².